The Hall–Kier alpha value is -3.65. The average Bonchev–Trinajstić information content (AvgIpc) is 2.76. The van der Waals surface area contributed by atoms with E-state index in [1.165, 1.54) is 18.3 Å². The van der Waals surface area contributed by atoms with Gasteiger partial charge in [-0.1, -0.05) is 35.4 Å². The molecular formula is C24H24N2O5S. The van der Waals surface area contributed by atoms with Crippen molar-refractivity contribution >= 4 is 22.2 Å². The highest BCUT2D eigenvalue weighted by Gasteiger charge is 2.14. The Labute approximate surface area is 187 Å². The van der Waals surface area contributed by atoms with Crippen molar-refractivity contribution in [1.29, 1.82) is 0 Å². The van der Waals surface area contributed by atoms with Crippen LogP contribution in [0.2, 0.25) is 0 Å². The number of hydrogen-bond donors (Lipinski definition) is 1. The van der Waals surface area contributed by atoms with E-state index in [-0.39, 0.29) is 10.6 Å². The van der Waals surface area contributed by atoms with Crippen molar-refractivity contribution in [3.8, 4) is 11.5 Å². The Morgan fingerprint density at radius 3 is 2.19 bits per heavy atom. The summed E-state index contributed by atoms with van der Waals surface area (Å²) in [5.41, 5.74) is 2.99. The number of esters is 1. The lowest BCUT2D eigenvalue weighted by molar-refractivity contribution is 0.0728. The first kappa shape index (κ1) is 23.0. The van der Waals surface area contributed by atoms with Crippen LogP contribution in [0.15, 0.2) is 76.7 Å². The zero-order valence-corrected chi connectivity index (χ0v) is 18.8. The number of aryl methyl sites for hydroxylation is 2. The number of nitrogens with zero attached hydrogens (tertiary/aromatic N) is 1. The standard InChI is InChI=1S/C24H24N2O5S/c1-4-30-23-15-19(16-25-26-32(28,29)21-12-7-18(3)8-13-21)9-14-22(23)31-24(27)20-10-5-17(2)6-11-20/h5-16,26H,4H2,1-3H3/b25-16-. The number of benzene rings is 3. The summed E-state index contributed by atoms with van der Waals surface area (Å²) in [4.78, 5) is 14.7. The smallest absolute Gasteiger partial charge is 0.343 e. The maximum atomic E-state index is 12.4. The van der Waals surface area contributed by atoms with Gasteiger partial charge in [-0.05, 0) is 68.8 Å². The first-order valence-electron chi connectivity index (χ1n) is 9.96. The Morgan fingerprint density at radius 1 is 0.938 bits per heavy atom. The zero-order valence-electron chi connectivity index (χ0n) is 18.0. The van der Waals surface area contributed by atoms with Crippen LogP contribution in [0.5, 0.6) is 11.5 Å². The predicted octanol–water partition coefficient (Wildman–Crippen LogP) is 4.23. The molecule has 8 heteroatoms. The van der Waals surface area contributed by atoms with Crippen molar-refractivity contribution in [1.82, 2.24) is 4.83 Å². The largest absolute Gasteiger partial charge is 0.490 e. The Morgan fingerprint density at radius 2 is 1.56 bits per heavy atom. The van der Waals surface area contributed by atoms with Gasteiger partial charge in [-0.15, -0.1) is 0 Å². The summed E-state index contributed by atoms with van der Waals surface area (Å²) < 4.78 is 35.7. The molecule has 0 aliphatic rings. The minimum atomic E-state index is -3.77. The third kappa shape index (κ3) is 5.95. The first-order valence-corrected chi connectivity index (χ1v) is 11.4. The van der Waals surface area contributed by atoms with Gasteiger partial charge in [-0.2, -0.15) is 13.5 Å². The highest BCUT2D eigenvalue weighted by molar-refractivity contribution is 7.89. The predicted molar refractivity (Wildman–Crippen MR) is 123 cm³/mol. The summed E-state index contributed by atoms with van der Waals surface area (Å²) in [6, 6.07) is 18.3. The fourth-order valence-corrected chi connectivity index (χ4v) is 3.54. The van der Waals surface area contributed by atoms with E-state index in [2.05, 4.69) is 9.93 Å². The van der Waals surface area contributed by atoms with Gasteiger partial charge in [0, 0.05) is 0 Å². The van der Waals surface area contributed by atoms with Gasteiger partial charge >= 0.3 is 5.97 Å². The first-order chi connectivity index (χ1) is 15.3. The summed E-state index contributed by atoms with van der Waals surface area (Å²) >= 11 is 0. The molecule has 7 nitrogen and oxygen atoms in total. The van der Waals surface area contributed by atoms with Crippen LogP contribution in [0.4, 0.5) is 0 Å². The van der Waals surface area contributed by atoms with E-state index in [1.807, 2.05) is 32.9 Å². The van der Waals surface area contributed by atoms with Gasteiger partial charge in [0.2, 0.25) is 0 Å². The minimum absolute atomic E-state index is 0.119. The molecule has 0 unspecified atom stereocenters. The molecule has 3 rings (SSSR count). The van der Waals surface area contributed by atoms with Crippen molar-refractivity contribution in [2.75, 3.05) is 6.61 Å². The summed E-state index contributed by atoms with van der Waals surface area (Å²) in [6.07, 6.45) is 1.35. The molecule has 0 bridgehead atoms. The molecule has 0 saturated heterocycles. The lowest BCUT2D eigenvalue weighted by Crippen LogP contribution is -2.18. The third-order valence-electron chi connectivity index (χ3n) is 4.48. The quantitative estimate of drug-likeness (QED) is 0.239. The fourth-order valence-electron chi connectivity index (χ4n) is 2.75. The molecule has 166 valence electrons. The van der Waals surface area contributed by atoms with E-state index < -0.39 is 16.0 Å². The highest BCUT2D eigenvalue weighted by Crippen LogP contribution is 2.29. The number of nitrogens with one attached hydrogen (secondary N) is 1. The number of carbonyl (C=O) groups is 1. The molecule has 0 heterocycles. The summed E-state index contributed by atoms with van der Waals surface area (Å²) in [7, 11) is -3.77. The van der Waals surface area contributed by atoms with Crippen molar-refractivity contribution in [2.45, 2.75) is 25.7 Å². The monoisotopic (exact) mass is 452 g/mol. The molecule has 0 aliphatic carbocycles. The average molecular weight is 453 g/mol. The fraction of sp³-hybridized carbons (Fsp3) is 0.167. The second-order valence-corrected chi connectivity index (χ2v) is 8.72. The number of hydrogen-bond acceptors (Lipinski definition) is 6. The number of carbonyl (C=O) groups excluding carboxylic acids is 1. The van der Waals surface area contributed by atoms with Crippen LogP contribution in [0.3, 0.4) is 0 Å². The van der Waals surface area contributed by atoms with Crippen LogP contribution < -0.4 is 14.3 Å². The number of hydrazone groups is 1. The molecule has 3 aromatic rings. The lowest BCUT2D eigenvalue weighted by Gasteiger charge is -2.11. The van der Waals surface area contributed by atoms with Gasteiger partial charge in [0.1, 0.15) is 0 Å². The lowest BCUT2D eigenvalue weighted by atomic mass is 10.1. The van der Waals surface area contributed by atoms with E-state index in [9.17, 15) is 13.2 Å². The summed E-state index contributed by atoms with van der Waals surface area (Å²) in [5.74, 6) is 0.103. The van der Waals surface area contributed by atoms with Crippen LogP contribution in [0.1, 0.15) is 34.0 Å². The Bertz CT molecular complexity index is 1220. The molecule has 3 aromatic carbocycles. The molecule has 1 N–H and O–H groups in total. The second kappa shape index (κ2) is 10.1. The van der Waals surface area contributed by atoms with E-state index >= 15 is 0 Å². The number of sulfonamides is 1. The van der Waals surface area contributed by atoms with Crippen LogP contribution in [0.25, 0.3) is 0 Å². The van der Waals surface area contributed by atoms with Gasteiger partial charge < -0.3 is 9.47 Å². The normalized spacial score (nSPS) is 11.3. The van der Waals surface area contributed by atoms with E-state index in [0.29, 0.717) is 23.5 Å². The maximum absolute atomic E-state index is 12.4. The molecule has 0 saturated carbocycles. The molecule has 0 radical (unpaired) electrons. The zero-order chi connectivity index (χ0) is 23.1. The topological polar surface area (TPSA) is 94.1 Å². The van der Waals surface area contributed by atoms with Gasteiger partial charge in [-0.25, -0.2) is 9.63 Å². The molecule has 32 heavy (non-hydrogen) atoms. The van der Waals surface area contributed by atoms with Gasteiger partial charge in [0.25, 0.3) is 10.0 Å². The van der Waals surface area contributed by atoms with Gasteiger partial charge in [-0.3, -0.25) is 0 Å². The second-order valence-electron chi connectivity index (χ2n) is 7.06. The van der Waals surface area contributed by atoms with E-state index in [1.54, 1.807) is 42.5 Å². The van der Waals surface area contributed by atoms with Crippen LogP contribution in [0, 0.1) is 13.8 Å². The molecule has 0 amide bonds. The molecule has 0 atom stereocenters. The van der Waals surface area contributed by atoms with Crippen LogP contribution in [-0.2, 0) is 10.0 Å². The summed E-state index contributed by atoms with van der Waals surface area (Å²) in [5, 5.41) is 3.83. The number of rotatable bonds is 8. The van der Waals surface area contributed by atoms with E-state index in [4.69, 9.17) is 9.47 Å². The van der Waals surface area contributed by atoms with Gasteiger partial charge in [0.05, 0.1) is 23.3 Å². The maximum Gasteiger partial charge on any atom is 0.343 e. The summed E-state index contributed by atoms with van der Waals surface area (Å²) in [6.45, 7) is 5.97. The molecule has 0 fully saturated rings. The van der Waals surface area contributed by atoms with Crippen LogP contribution in [-0.4, -0.2) is 27.2 Å². The molecule has 0 spiro atoms. The molecular weight excluding hydrogens is 428 g/mol. The number of ether oxygens (including phenoxy) is 2. The Kier molecular flexibility index (Phi) is 7.27. The highest BCUT2D eigenvalue weighted by atomic mass is 32.2. The molecule has 0 aliphatic heterocycles. The SMILES string of the molecule is CCOc1cc(/C=N\NS(=O)(=O)c2ccc(C)cc2)ccc1OC(=O)c1ccc(C)cc1. The van der Waals surface area contributed by atoms with E-state index in [0.717, 1.165) is 11.1 Å². The molecule has 0 aromatic heterocycles. The minimum Gasteiger partial charge on any atom is -0.490 e. The van der Waals surface area contributed by atoms with Gasteiger partial charge in [0.15, 0.2) is 11.5 Å². The van der Waals surface area contributed by atoms with Crippen LogP contribution >= 0.6 is 0 Å². The van der Waals surface area contributed by atoms with Crippen molar-refractivity contribution in [3.63, 3.8) is 0 Å². The van der Waals surface area contributed by atoms with Crippen molar-refractivity contribution < 1.29 is 22.7 Å². The van der Waals surface area contributed by atoms with Crippen molar-refractivity contribution in [2.24, 2.45) is 5.10 Å². The Balaban J connectivity index is 1.74. The van der Waals surface area contributed by atoms with Crippen molar-refractivity contribution in [3.05, 3.63) is 89.0 Å². The third-order valence-corrected chi connectivity index (χ3v) is 5.71.